The molecule has 132 valence electrons. The van der Waals surface area contributed by atoms with Gasteiger partial charge in [-0.15, -0.1) is 0 Å². The number of imidazole rings is 1. The molecular weight excluding hydrogens is 331 g/mol. The van der Waals surface area contributed by atoms with E-state index in [1.165, 1.54) is 12.1 Å². The van der Waals surface area contributed by atoms with E-state index in [1.54, 1.807) is 23.7 Å². The SMILES string of the molecule is Cn1c(C(=O)Nc2ccc3c(c2)nc2n3CCC2)cc2cc(F)ccc21.[HH]. The largest absolute Gasteiger partial charge is 0.340 e. The Morgan fingerprint density at radius 3 is 2.92 bits per heavy atom. The van der Waals surface area contributed by atoms with E-state index >= 15 is 0 Å². The first-order chi connectivity index (χ1) is 12.6. The lowest BCUT2D eigenvalue weighted by Crippen LogP contribution is -2.15. The molecule has 0 bridgehead atoms. The van der Waals surface area contributed by atoms with E-state index in [0.717, 1.165) is 41.8 Å². The minimum absolute atomic E-state index is 0. The van der Waals surface area contributed by atoms with Gasteiger partial charge in [0.25, 0.3) is 5.91 Å². The molecule has 2 aromatic carbocycles. The summed E-state index contributed by atoms with van der Waals surface area (Å²) in [5, 5.41) is 3.64. The first-order valence-corrected chi connectivity index (χ1v) is 8.66. The third-order valence-electron chi connectivity index (χ3n) is 5.10. The predicted octanol–water partition coefficient (Wildman–Crippen LogP) is 4.11. The van der Waals surface area contributed by atoms with Crippen LogP contribution in [-0.2, 0) is 20.0 Å². The van der Waals surface area contributed by atoms with E-state index in [4.69, 9.17) is 0 Å². The van der Waals surface area contributed by atoms with Crippen molar-refractivity contribution >= 4 is 33.5 Å². The van der Waals surface area contributed by atoms with E-state index in [-0.39, 0.29) is 13.2 Å². The highest BCUT2D eigenvalue weighted by Crippen LogP contribution is 2.26. The third kappa shape index (κ3) is 2.22. The fourth-order valence-electron chi connectivity index (χ4n) is 3.83. The average molecular weight is 350 g/mol. The van der Waals surface area contributed by atoms with Crippen LogP contribution < -0.4 is 5.32 Å². The minimum Gasteiger partial charge on any atom is -0.340 e. The van der Waals surface area contributed by atoms with Crippen LogP contribution in [0, 0.1) is 5.82 Å². The van der Waals surface area contributed by atoms with Gasteiger partial charge in [-0.3, -0.25) is 4.79 Å². The van der Waals surface area contributed by atoms with Crippen molar-refractivity contribution in [3.8, 4) is 0 Å². The summed E-state index contributed by atoms with van der Waals surface area (Å²) in [6, 6.07) is 12.0. The smallest absolute Gasteiger partial charge is 0.272 e. The molecule has 0 unspecified atom stereocenters. The van der Waals surface area contributed by atoms with Crippen LogP contribution in [0.3, 0.4) is 0 Å². The lowest BCUT2D eigenvalue weighted by Gasteiger charge is -2.07. The van der Waals surface area contributed by atoms with Crippen molar-refractivity contribution in [2.45, 2.75) is 19.4 Å². The van der Waals surface area contributed by atoms with Crippen molar-refractivity contribution in [3.05, 3.63) is 59.8 Å². The molecule has 2 aromatic heterocycles. The summed E-state index contributed by atoms with van der Waals surface area (Å²) in [5.41, 5.74) is 4.01. The van der Waals surface area contributed by atoms with E-state index in [0.29, 0.717) is 16.8 Å². The lowest BCUT2D eigenvalue weighted by molar-refractivity contribution is 0.102. The maximum atomic E-state index is 13.4. The molecule has 5 rings (SSSR count). The summed E-state index contributed by atoms with van der Waals surface area (Å²) in [4.78, 5) is 17.4. The van der Waals surface area contributed by atoms with Crippen molar-refractivity contribution in [1.82, 2.24) is 14.1 Å². The van der Waals surface area contributed by atoms with Crippen molar-refractivity contribution in [2.75, 3.05) is 5.32 Å². The number of nitrogens with one attached hydrogen (secondary N) is 1. The zero-order chi connectivity index (χ0) is 17.8. The maximum absolute atomic E-state index is 13.4. The molecule has 1 amide bonds. The number of rotatable bonds is 2. The summed E-state index contributed by atoms with van der Waals surface area (Å²) in [5.74, 6) is 0.572. The number of amides is 1. The number of halogens is 1. The van der Waals surface area contributed by atoms with Crippen LogP contribution in [0.1, 0.15) is 24.2 Å². The Morgan fingerprint density at radius 2 is 2.04 bits per heavy atom. The number of anilines is 1. The number of hydrogen-bond acceptors (Lipinski definition) is 2. The quantitative estimate of drug-likeness (QED) is 0.591. The monoisotopic (exact) mass is 350 g/mol. The van der Waals surface area contributed by atoms with Crippen LogP contribution in [0.5, 0.6) is 0 Å². The van der Waals surface area contributed by atoms with Crippen LogP contribution in [0.15, 0.2) is 42.5 Å². The second-order valence-electron chi connectivity index (χ2n) is 6.73. The molecule has 3 heterocycles. The van der Waals surface area contributed by atoms with Gasteiger partial charge >= 0.3 is 0 Å². The Kier molecular flexibility index (Phi) is 3.16. The molecule has 4 aromatic rings. The fourth-order valence-corrected chi connectivity index (χ4v) is 3.83. The van der Waals surface area contributed by atoms with Gasteiger partial charge in [0.15, 0.2) is 0 Å². The Balaban J connectivity index is 0.00000180. The number of carbonyl (C=O) groups is 1. The second-order valence-corrected chi connectivity index (χ2v) is 6.73. The summed E-state index contributed by atoms with van der Waals surface area (Å²) in [6.07, 6.45) is 2.14. The Morgan fingerprint density at radius 1 is 1.19 bits per heavy atom. The molecule has 0 saturated heterocycles. The molecule has 6 heteroatoms. The number of aromatic nitrogens is 3. The number of nitrogens with zero attached hydrogens (tertiary/aromatic N) is 3. The Bertz CT molecular complexity index is 1190. The highest BCUT2D eigenvalue weighted by atomic mass is 19.1. The zero-order valence-electron chi connectivity index (χ0n) is 14.3. The number of hydrogen-bond donors (Lipinski definition) is 1. The molecule has 5 nitrogen and oxygen atoms in total. The van der Waals surface area contributed by atoms with Crippen LogP contribution in [0.2, 0.25) is 0 Å². The molecule has 26 heavy (non-hydrogen) atoms. The molecule has 0 spiro atoms. The van der Waals surface area contributed by atoms with Gasteiger partial charge in [0, 0.05) is 38.0 Å². The van der Waals surface area contributed by atoms with Crippen LogP contribution in [0.4, 0.5) is 10.1 Å². The van der Waals surface area contributed by atoms with Gasteiger partial charge in [-0.25, -0.2) is 9.37 Å². The predicted molar refractivity (Wildman–Crippen MR) is 101 cm³/mol. The van der Waals surface area contributed by atoms with E-state index in [9.17, 15) is 9.18 Å². The zero-order valence-corrected chi connectivity index (χ0v) is 14.3. The minimum atomic E-state index is -0.312. The van der Waals surface area contributed by atoms with Gasteiger partial charge in [-0.05, 0) is 48.9 Å². The molecular formula is C20H19FN4O. The second kappa shape index (κ2) is 5.42. The van der Waals surface area contributed by atoms with E-state index in [1.807, 2.05) is 18.2 Å². The van der Waals surface area contributed by atoms with Gasteiger partial charge in [0.1, 0.15) is 17.3 Å². The molecule has 0 radical (unpaired) electrons. The van der Waals surface area contributed by atoms with Crippen LogP contribution in [-0.4, -0.2) is 20.0 Å². The van der Waals surface area contributed by atoms with Crippen LogP contribution >= 0.6 is 0 Å². The van der Waals surface area contributed by atoms with Crippen molar-refractivity contribution in [3.63, 3.8) is 0 Å². The molecule has 1 aliphatic rings. The number of aryl methyl sites for hydroxylation is 3. The molecule has 0 atom stereocenters. The highest BCUT2D eigenvalue weighted by molar-refractivity contribution is 6.07. The first kappa shape index (κ1) is 15.1. The molecule has 0 saturated carbocycles. The maximum Gasteiger partial charge on any atom is 0.272 e. The number of fused-ring (bicyclic) bond motifs is 4. The molecule has 1 N–H and O–H groups in total. The lowest BCUT2D eigenvalue weighted by atomic mass is 10.2. The number of carbonyl (C=O) groups excluding carboxylic acids is 1. The van der Waals surface area contributed by atoms with E-state index < -0.39 is 0 Å². The normalized spacial score (nSPS) is 13.5. The summed E-state index contributed by atoms with van der Waals surface area (Å²) in [7, 11) is 1.80. The highest BCUT2D eigenvalue weighted by Gasteiger charge is 2.17. The topological polar surface area (TPSA) is 51.9 Å². The first-order valence-electron chi connectivity index (χ1n) is 8.66. The molecule has 1 aliphatic heterocycles. The van der Waals surface area contributed by atoms with Crippen molar-refractivity contribution < 1.29 is 10.6 Å². The average Bonchev–Trinajstić information content (AvgIpc) is 3.27. The van der Waals surface area contributed by atoms with Gasteiger partial charge in [-0.1, -0.05) is 0 Å². The fraction of sp³-hybridized carbons (Fsp3) is 0.200. The third-order valence-corrected chi connectivity index (χ3v) is 5.10. The molecule has 0 fully saturated rings. The van der Waals surface area contributed by atoms with Gasteiger partial charge in [-0.2, -0.15) is 0 Å². The van der Waals surface area contributed by atoms with Crippen molar-refractivity contribution in [2.24, 2.45) is 7.05 Å². The number of benzene rings is 2. The van der Waals surface area contributed by atoms with Crippen molar-refractivity contribution in [1.29, 1.82) is 0 Å². The van der Waals surface area contributed by atoms with Gasteiger partial charge in [0.2, 0.25) is 0 Å². The Hall–Kier alpha value is -3.15. The standard InChI is InChI=1S/C20H17FN4O.H2/c1-24-16-6-4-13(21)9-12(16)10-18(24)20(26)22-14-5-7-17-15(11-14)23-19-3-2-8-25(17)19;/h4-7,9-11H,2-3,8H2,1H3,(H,22,26);1H. The Labute approximate surface area is 150 Å². The summed E-state index contributed by atoms with van der Waals surface area (Å²) >= 11 is 0. The van der Waals surface area contributed by atoms with Crippen LogP contribution in [0.25, 0.3) is 21.9 Å². The van der Waals surface area contributed by atoms with E-state index in [2.05, 4.69) is 14.9 Å². The van der Waals surface area contributed by atoms with Gasteiger partial charge in [0.05, 0.1) is 11.0 Å². The summed E-state index contributed by atoms with van der Waals surface area (Å²) in [6.45, 7) is 1.00. The van der Waals surface area contributed by atoms with Gasteiger partial charge < -0.3 is 14.5 Å². The molecule has 0 aliphatic carbocycles. The summed E-state index contributed by atoms with van der Waals surface area (Å²) < 4.78 is 17.4.